The second-order valence-electron chi connectivity index (χ2n) is 5.04. The summed E-state index contributed by atoms with van der Waals surface area (Å²) in [7, 11) is 0. The highest BCUT2D eigenvalue weighted by molar-refractivity contribution is 8.00. The van der Waals surface area contributed by atoms with E-state index in [1.54, 1.807) is 12.1 Å². The van der Waals surface area contributed by atoms with E-state index in [9.17, 15) is 9.18 Å². The first kappa shape index (κ1) is 14.2. The summed E-state index contributed by atoms with van der Waals surface area (Å²) in [6, 6.07) is 5.84. The molecule has 0 spiro atoms. The van der Waals surface area contributed by atoms with Crippen LogP contribution in [0.3, 0.4) is 0 Å². The molecule has 1 atom stereocenters. The average Bonchev–Trinajstić information content (AvgIpc) is 2.39. The van der Waals surface area contributed by atoms with Gasteiger partial charge in [0, 0.05) is 29.8 Å². The van der Waals surface area contributed by atoms with Crippen LogP contribution >= 0.6 is 11.8 Å². The Labute approximate surface area is 117 Å². The quantitative estimate of drug-likeness (QED) is 0.901. The SMILES string of the molecule is CC(C)[C@@H]1CN(C(=O)Nc2cccc(F)c2)CCS1. The maximum absolute atomic E-state index is 13.1. The number of carbonyl (C=O) groups is 1. The van der Waals surface area contributed by atoms with Gasteiger partial charge in [0.1, 0.15) is 5.82 Å². The Morgan fingerprint density at radius 3 is 3.00 bits per heavy atom. The van der Waals surface area contributed by atoms with Gasteiger partial charge in [-0.3, -0.25) is 0 Å². The van der Waals surface area contributed by atoms with Crippen molar-refractivity contribution in [2.24, 2.45) is 5.92 Å². The number of benzene rings is 1. The molecule has 1 N–H and O–H groups in total. The number of amides is 2. The molecule has 1 aliphatic heterocycles. The van der Waals surface area contributed by atoms with E-state index in [0.717, 1.165) is 18.8 Å². The summed E-state index contributed by atoms with van der Waals surface area (Å²) in [5.41, 5.74) is 0.504. The highest BCUT2D eigenvalue weighted by atomic mass is 32.2. The molecule has 2 rings (SSSR count). The Balaban J connectivity index is 1.96. The zero-order valence-electron chi connectivity index (χ0n) is 11.2. The Morgan fingerprint density at radius 2 is 2.32 bits per heavy atom. The molecule has 0 aliphatic carbocycles. The van der Waals surface area contributed by atoms with Crippen LogP contribution in [-0.4, -0.2) is 35.0 Å². The van der Waals surface area contributed by atoms with Crippen molar-refractivity contribution in [3.05, 3.63) is 30.1 Å². The Morgan fingerprint density at radius 1 is 1.53 bits per heavy atom. The first-order chi connectivity index (χ1) is 9.06. The van der Waals surface area contributed by atoms with Gasteiger partial charge in [-0.25, -0.2) is 9.18 Å². The van der Waals surface area contributed by atoms with Crippen LogP contribution in [-0.2, 0) is 0 Å². The second-order valence-corrected chi connectivity index (χ2v) is 6.39. The maximum atomic E-state index is 13.1. The molecule has 0 saturated carbocycles. The van der Waals surface area contributed by atoms with E-state index in [4.69, 9.17) is 0 Å². The predicted octanol–water partition coefficient (Wildman–Crippen LogP) is 3.43. The molecule has 3 nitrogen and oxygen atoms in total. The van der Waals surface area contributed by atoms with E-state index in [2.05, 4.69) is 19.2 Å². The number of anilines is 1. The van der Waals surface area contributed by atoms with Gasteiger partial charge in [-0.15, -0.1) is 0 Å². The van der Waals surface area contributed by atoms with Gasteiger partial charge in [0.05, 0.1) is 0 Å². The van der Waals surface area contributed by atoms with Gasteiger partial charge in [0.2, 0.25) is 0 Å². The van der Waals surface area contributed by atoms with Crippen LogP contribution in [0.1, 0.15) is 13.8 Å². The van der Waals surface area contributed by atoms with Crippen LogP contribution < -0.4 is 5.32 Å². The van der Waals surface area contributed by atoms with Gasteiger partial charge < -0.3 is 10.2 Å². The number of nitrogens with zero attached hydrogens (tertiary/aromatic N) is 1. The summed E-state index contributed by atoms with van der Waals surface area (Å²) in [4.78, 5) is 13.9. The lowest BCUT2D eigenvalue weighted by molar-refractivity contribution is 0.211. The Hall–Kier alpha value is -1.23. The zero-order chi connectivity index (χ0) is 13.8. The van der Waals surface area contributed by atoms with Crippen molar-refractivity contribution < 1.29 is 9.18 Å². The molecule has 1 fully saturated rings. The van der Waals surface area contributed by atoms with Crippen molar-refractivity contribution in [2.75, 3.05) is 24.2 Å². The predicted molar refractivity (Wildman–Crippen MR) is 78.1 cm³/mol. The molecule has 0 bridgehead atoms. The second kappa shape index (κ2) is 6.28. The molecule has 0 radical (unpaired) electrons. The highest BCUT2D eigenvalue weighted by Crippen LogP contribution is 2.25. The summed E-state index contributed by atoms with van der Waals surface area (Å²) in [6.45, 7) is 5.84. The molecule has 1 aromatic rings. The highest BCUT2D eigenvalue weighted by Gasteiger charge is 2.25. The number of carbonyl (C=O) groups excluding carboxylic acids is 1. The van der Waals surface area contributed by atoms with Gasteiger partial charge >= 0.3 is 6.03 Å². The fourth-order valence-corrected chi connectivity index (χ4v) is 3.33. The van der Waals surface area contributed by atoms with Crippen LogP contribution in [0.2, 0.25) is 0 Å². The smallest absolute Gasteiger partial charge is 0.321 e. The minimum atomic E-state index is -0.341. The van der Waals surface area contributed by atoms with E-state index >= 15 is 0 Å². The van der Waals surface area contributed by atoms with E-state index in [0.29, 0.717) is 16.9 Å². The van der Waals surface area contributed by atoms with Gasteiger partial charge in [-0.05, 0) is 24.1 Å². The van der Waals surface area contributed by atoms with Crippen LogP contribution in [0.5, 0.6) is 0 Å². The fraction of sp³-hybridized carbons (Fsp3) is 0.500. The topological polar surface area (TPSA) is 32.3 Å². The molecular formula is C14H19FN2OS. The standard InChI is InChI=1S/C14H19FN2OS/c1-10(2)13-9-17(6-7-19-13)14(18)16-12-5-3-4-11(15)8-12/h3-5,8,10,13H,6-7,9H2,1-2H3,(H,16,18)/t13-/m0/s1. The first-order valence-corrected chi connectivity index (χ1v) is 7.54. The average molecular weight is 282 g/mol. The van der Waals surface area contributed by atoms with Crippen molar-refractivity contribution in [3.8, 4) is 0 Å². The van der Waals surface area contributed by atoms with Gasteiger partial charge in [0.15, 0.2) is 0 Å². The van der Waals surface area contributed by atoms with Crippen LogP contribution in [0.4, 0.5) is 14.9 Å². The van der Waals surface area contributed by atoms with E-state index < -0.39 is 0 Å². The van der Waals surface area contributed by atoms with Gasteiger partial charge in [-0.1, -0.05) is 19.9 Å². The number of hydrogen-bond donors (Lipinski definition) is 1. The van der Waals surface area contributed by atoms with Crippen LogP contribution in [0.15, 0.2) is 24.3 Å². The number of nitrogens with one attached hydrogen (secondary N) is 1. The molecule has 0 aromatic heterocycles. The monoisotopic (exact) mass is 282 g/mol. The lowest BCUT2D eigenvalue weighted by atomic mass is 10.1. The first-order valence-electron chi connectivity index (χ1n) is 6.49. The molecule has 104 valence electrons. The number of hydrogen-bond acceptors (Lipinski definition) is 2. The summed E-state index contributed by atoms with van der Waals surface area (Å²) in [6.07, 6.45) is 0. The normalized spacial score (nSPS) is 19.6. The van der Waals surface area contributed by atoms with Crippen molar-refractivity contribution in [1.82, 2.24) is 4.90 Å². The molecular weight excluding hydrogens is 263 g/mol. The van der Waals surface area contributed by atoms with E-state index in [1.807, 2.05) is 16.7 Å². The Bertz CT molecular complexity index is 453. The third kappa shape index (κ3) is 3.86. The molecule has 1 aromatic carbocycles. The third-order valence-electron chi connectivity index (χ3n) is 3.20. The van der Waals surface area contributed by atoms with E-state index in [1.165, 1.54) is 12.1 Å². The fourth-order valence-electron chi connectivity index (χ4n) is 2.03. The van der Waals surface area contributed by atoms with Crippen LogP contribution in [0.25, 0.3) is 0 Å². The molecule has 1 saturated heterocycles. The van der Waals surface area contributed by atoms with Gasteiger partial charge in [0.25, 0.3) is 0 Å². The number of rotatable bonds is 2. The Kier molecular flexibility index (Phi) is 4.69. The molecule has 1 heterocycles. The minimum absolute atomic E-state index is 0.142. The molecule has 1 aliphatic rings. The lowest BCUT2D eigenvalue weighted by Crippen LogP contribution is -2.45. The largest absolute Gasteiger partial charge is 0.323 e. The van der Waals surface area contributed by atoms with Crippen molar-refractivity contribution in [2.45, 2.75) is 19.1 Å². The zero-order valence-corrected chi connectivity index (χ0v) is 12.0. The molecule has 19 heavy (non-hydrogen) atoms. The summed E-state index contributed by atoms with van der Waals surface area (Å²) in [5.74, 6) is 1.17. The molecule has 0 unspecified atom stereocenters. The number of halogens is 1. The molecule has 5 heteroatoms. The summed E-state index contributed by atoms with van der Waals surface area (Å²) >= 11 is 1.92. The van der Waals surface area contributed by atoms with E-state index in [-0.39, 0.29) is 11.8 Å². The number of thioether (sulfide) groups is 1. The van der Waals surface area contributed by atoms with Crippen LogP contribution in [0, 0.1) is 11.7 Å². The van der Waals surface area contributed by atoms with Gasteiger partial charge in [-0.2, -0.15) is 11.8 Å². The lowest BCUT2D eigenvalue weighted by Gasteiger charge is -2.34. The maximum Gasteiger partial charge on any atom is 0.321 e. The van der Waals surface area contributed by atoms with Crippen molar-refractivity contribution in [1.29, 1.82) is 0 Å². The molecule has 2 amide bonds. The third-order valence-corrected chi connectivity index (χ3v) is 4.74. The van der Waals surface area contributed by atoms with Crippen molar-refractivity contribution >= 4 is 23.5 Å². The summed E-state index contributed by atoms with van der Waals surface area (Å²) in [5, 5.41) is 3.23. The van der Waals surface area contributed by atoms with Crippen molar-refractivity contribution in [3.63, 3.8) is 0 Å². The summed E-state index contributed by atoms with van der Waals surface area (Å²) < 4.78 is 13.1. The number of urea groups is 1. The minimum Gasteiger partial charge on any atom is -0.323 e.